The molecule has 104 valence electrons. The Morgan fingerprint density at radius 3 is 2.85 bits per heavy atom. The van der Waals surface area contributed by atoms with E-state index in [0.29, 0.717) is 23.6 Å². The summed E-state index contributed by atoms with van der Waals surface area (Å²) in [5.41, 5.74) is 1.57. The lowest BCUT2D eigenvalue weighted by atomic mass is 10.2. The number of hydrogen-bond acceptors (Lipinski definition) is 4. The van der Waals surface area contributed by atoms with Crippen molar-refractivity contribution in [3.8, 4) is 0 Å². The van der Waals surface area contributed by atoms with Crippen LogP contribution in [0.4, 0.5) is 5.69 Å². The predicted octanol–water partition coefficient (Wildman–Crippen LogP) is 3.40. The van der Waals surface area contributed by atoms with Gasteiger partial charge in [0.15, 0.2) is 0 Å². The van der Waals surface area contributed by atoms with Crippen LogP contribution in [0.3, 0.4) is 0 Å². The van der Waals surface area contributed by atoms with Crippen LogP contribution in [-0.2, 0) is 17.8 Å². The molecule has 0 fully saturated rings. The summed E-state index contributed by atoms with van der Waals surface area (Å²) >= 11 is 5.98. The third-order valence-corrected chi connectivity index (χ3v) is 3.10. The van der Waals surface area contributed by atoms with E-state index >= 15 is 0 Å². The van der Waals surface area contributed by atoms with E-state index in [9.17, 15) is 10.1 Å². The number of halogens is 1. The highest BCUT2D eigenvalue weighted by molar-refractivity contribution is 6.31. The summed E-state index contributed by atoms with van der Waals surface area (Å²) in [6.45, 7) is 0.726. The fraction of sp³-hybridized carbons (Fsp3) is 0.214. The second-order valence-corrected chi connectivity index (χ2v) is 4.56. The maximum atomic E-state index is 10.7. The zero-order chi connectivity index (χ0) is 14.4. The molecule has 0 aliphatic carbocycles. The number of nitro benzene ring substituents is 1. The number of pyridine rings is 1. The minimum Gasteiger partial charge on any atom is -0.376 e. The zero-order valence-corrected chi connectivity index (χ0v) is 11.4. The summed E-state index contributed by atoms with van der Waals surface area (Å²) in [6, 6.07) is 10.0. The highest BCUT2D eigenvalue weighted by Crippen LogP contribution is 2.22. The van der Waals surface area contributed by atoms with E-state index in [4.69, 9.17) is 16.3 Å². The highest BCUT2D eigenvalue weighted by Gasteiger charge is 2.09. The van der Waals surface area contributed by atoms with Gasteiger partial charge in [-0.2, -0.15) is 0 Å². The van der Waals surface area contributed by atoms with Gasteiger partial charge in [-0.25, -0.2) is 0 Å². The average molecular weight is 293 g/mol. The molecule has 2 aromatic rings. The van der Waals surface area contributed by atoms with E-state index in [1.165, 1.54) is 18.2 Å². The maximum absolute atomic E-state index is 10.7. The van der Waals surface area contributed by atoms with Gasteiger partial charge in [-0.05, 0) is 18.2 Å². The average Bonchev–Trinajstić information content (AvgIpc) is 2.46. The first-order chi connectivity index (χ1) is 9.66. The molecule has 0 saturated carbocycles. The number of nitro groups is 1. The van der Waals surface area contributed by atoms with E-state index in [1.807, 2.05) is 18.2 Å². The molecule has 0 aliphatic rings. The minimum atomic E-state index is -0.451. The van der Waals surface area contributed by atoms with Gasteiger partial charge in [0, 0.05) is 41.0 Å². The molecule has 2 rings (SSSR count). The summed E-state index contributed by atoms with van der Waals surface area (Å²) < 4.78 is 5.49. The van der Waals surface area contributed by atoms with Gasteiger partial charge in [0.1, 0.15) is 0 Å². The molecule has 1 aromatic carbocycles. The van der Waals surface area contributed by atoms with Crippen molar-refractivity contribution in [1.29, 1.82) is 0 Å². The molecule has 6 heteroatoms. The van der Waals surface area contributed by atoms with Gasteiger partial charge in [0.05, 0.1) is 18.1 Å². The molecule has 0 unspecified atom stereocenters. The Hall–Kier alpha value is -1.98. The summed E-state index contributed by atoms with van der Waals surface area (Å²) in [5.74, 6) is 0. The number of ether oxygens (including phenoxy) is 1. The van der Waals surface area contributed by atoms with Gasteiger partial charge in [-0.15, -0.1) is 0 Å². The molecule has 0 atom stereocenters. The van der Waals surface area contributed by atoms with E-state index in [2.05, 4.69) is 4.98 Å². The molecule has 20 heavy (non-hydrogen) atoms. The van der Waals surface area contributed by atoms with E-state index in [1.54, 1.807) is 6.20 Å². The lowest BCUT2D eigenvalue weighted by Gasteiger charge is -2.06. The van der Waals surface area contributed by atoms with Gasteiger partial charge < -0.3 is 4.74 Å². The Balaban J connectivity index is 1.88. The first-order valence-corrected chi connectivity index (χ1v) is 6.45. The summed E-state index contributed by atoms with van der Waals surface area (Å²) in [5, 5.41) is 11.2. The Morgan fingerprint density at radius 2 is 2.15 bits per heavy atom. The van der Waals surface area contributed by atoms with Crippen LogP contribution in [-0.4, -0.2) is 16.5 Å². The van der Waals surface area contributed by atoms with Crippen LogP contribution in [0.25, 0.3) is 0 Å². The van der Waals surface area contributed by atoms with Crippen molar-refractivity contribution in [2.75, 3.05) is 6.61 Å². The maximum Gasteiger partial charge on any atom is 0.269 e. The molecule has 1 heterocycles. The molecule has 0 radical (unpaired) electrons. The molecule has 5 nitrogen and oxygen atoms in total. The van der Waals surface area contributed by atoms with Crippen LogP contribution in [0.5, 0.6) is 0 Å². The summed E-state index contributed by atoms with van der Waals surface area (Å²) in [7, 11) is 0. The summed E-state index contributed by atoms with van der Waals surface area (Å²) in [4.78, 5) is 14.4. The molecule has 0 bridgehead atoms. The van der Waals surface area contributed by atoms with Crippen LogP contribution >= 0.6 is 11.6 Å². The Morgan fingerprint density at radius 1 is 1.30 bits per heavy atom. The van der Waals surface area contributed by atoms with Crippen molar-refractivity contribution in [3.63, 3.8) is 0 Å². The second kappa shape index (κ2) is 6.98. The molecule has 0 N–H and O–H groups in total. The molecule has 0 spiro atoms. The standard InChI is InChI=1S/C14H13ClN2O3/c15-14-5-4-13(17(18)19)9-11(14)10-20-8-6-12-3-1-2-7-16-12/h1-5,7,9H,6,8,10H2. The molecular weight excluding hydrogens is 280 g/mol. The first kappa shape index (κ1) is 14.4. The highest BCUT2D eigenvalue weighted by atomic mass is 35.5. The third-order valence-electron chi connectivity index (χ3n) is 2.73. The molecular formula is C14H13ClN2O3. The normalized spacial score (nSPS) is 10.4. The van der Waals surface area contributed by atoms with Gasteiger partial charge in [-0.1, -0.05) is 17.7 Å². The number of benzene rings is 1. The van der Waals surface area contributed by atoms with Gasteiger partial charge >= 0.3 is 0 Å². The number of aromatic nitrogens is 1. The fourth-order valence-corrected chi connectivity index (χ4v) is 1.86. The van der Waals surface area contributed by atoms with Crippen molar-refractivity contribution >= 4 is 17.3 Å². The smallest absolute Gasteiger partial charge is 0.269 e. The van der Waals surface area contributed by atoms with Crippen LogP contribution in [0.1, 0.15) is 11.3 Å². The molecule has 0 amide bonds. The van der Waals surface area contributed by atoms with Crippen molar-refractivity contribution in [3.05, 3.63) is 69.0 Å². The van der Waals surface area contributed by atoms with E-state index in [0.717, 1.165) is 5.69 Å². The molecule has 1 aromatic heterocycles. The van der Waals surface area contributed by atoms with Crippen LogP contribution in [0, 0.1) is 10.1 Å². The molecule has 0 saturated heterocycles. The van der Waals surface area contributed by atoms with Gasteiger partial charge in [-0.3, -0.25) is 15.1 Å². The van der Waals surface area contributed by atoms with Crippen molar-refractivity contribution < 1.29 is 9.66 Å². The topological polar surface area (TPSA) is 65.3 Å². The van der Waals surface area contributed by atoms with Crippen LogP contribution in [0.2, 0.25) is 5.02 Å². The lowest BCUT2D eigenvalue weighted by Crippen LogP contribution is -2.01. The molecule has 0 aliphatic heterocycles. The number of rotatable bonds is 6. The van der Waals surface area contributed by atoms with Crippen LogP contribution < -0.4 is 0 Å². The summed E-state index contributed by atoms with van der Waals surface area (Å²) in [6.07, 6.45) is 2.42. The fourth-order valence-electron chi connectivity index (χ4n) is 1.69. The third kappa shape index (κ3) is 4.01. The lowest BCUT2D eigenvalue weighted by molar-refractivity contribution is -0.384. The Kier molecular flexibility index (Phi) is 5.03. The minimum absolute atomic E-state index is 0.0118. The Labute approximate surface area is 121 Å². The van der Waals surface area contributed by atoms with Crippen molar-refractivity contribution in [2.45, 2.75) is 13.0 Å². The number of hydrogen-bond donors (Lipinski definition) is 0. The van der Waals surface area contributed by atoms with E-state index in [-0.39, 0.29) is 12.3 Å². The number of nitrogens with zero attached hydrogens (tertiary/aromatic N) is 2. The van der Waals surface area contributed by atoms with Gasteiger partial charge in [0.25, 0.3) is 5.69 Å². The van der Waals surface area contributed by atoms with Gasteiger partial charge in [0.2, 0.25) is 0 Å². The monoisotopic (exact) mass is 292 g/mol. The van der Waals surface area contributed by atoms with E-state index < -0.39 is 4.92 Å². The largest absolute Gasteiger partial charge is 0.376 e. The quantitative estimate of drug-likeness (QED) is 0.465. The SMILES string of the molecule is O=[N+]([O-])c1ccc(Cl)c(COCCc2ccccn2)c1. The first-order valence-electron chi connectivity index (χ1n) is 6.07. The number of non-ortho nitro benzene ring substituents is 1. The van der Waals surface area contributed by atoms with Crippen LogP contribution in [0.15, 0.2) is 42.6 Å². The van der Waals surface area contributed by atoms with Crippen molar-refractivity contribution in [2.24, 2.45) is 0 Å². The zero-order valence-electron chi connectivity index (χ0n) is 10.7. The second-order valence-electron chi connectivity index (χ2n) is 4.16. The Bertz CT molecular complexity index is 590. The predicted molar refractivity (Wildman–Crippen MR) is 75.7 cm³/mol. The van der Waals surface area contributed by atoms with Crippen molar-refractivity contribution in [1.82, 2.24) is 4.98 Å².